The number of benzene rings is 2. The molecule has 7 heteroatoms. The minimum absolute atomic E-state index is 0.406. The van der Waals surface area contributed by atoms with E-state index in [1.165, 1.54) is 19.1 Å². The molecule has 1 atom stereocenters. The molecule has 0 aromatic heterocycles. The molecule has 2 rings (SSSR count). The van der Waals surface area contributed by atoms with Gasteiger partial charge in [0.15, 0.2) is 6.10 Å². The quantitative estimate of drug-likeness (QED) is 0.518. The average molecular weight is 413 g/mol. The van der Waals surface area contributed by atoms with Crippen molar-refractivity contribution in [2.45, 2.75) is 20.0 Å². The van der Waals surface area contributed by atoms with E-state index in [2.05, 4.69) is 5.32 Å². The summed E-state index contributed by atoms with van der Waals surface area (Å²) in [4.78, 5) is 24.1. The predicted molar refractivity (Wildman–Crippen MR) is 106 cm³/mol. The first-order valence-corrected chi connectivity index (χ1v) is 8.81. The van der Waals surface area contributed by atoms with Gasteiger partial charge in [-0.25, -0.2) is 4.79 Å². The van der Waals surface area contributed by atoms with Gasteiger partial charge in [0.05, 0.1) is 0 Å². The van der Waals surface area contributed by atoms with Gasteiger partial charge in [0.2, 0.25) is 0 Å². The third-order valence-corrected chi connectivity index (χ3v) is 4.52. The molecule has 1 amide bonds. The van der Waals surface area contributed by atoms with Crippen LogP contribution in [0.5, 0.6) is 0 Å². The summed E-state index contributed by atoms with van der Waals surface area (Å²) >= 11 is 17.9. The number of ether oxygens (including phenoxy) is 1. The van der Waals surface area contributed by atoms with Crippen LogP contribution >= 0.6 is 34.8 Å². The molecule has 0 bridgehead atoms. The molecule has 0 spiro atoms. The maximum atomic E-state index is 12.2. The number of carbonyl (C=O) groups is 2. The van der Waals surface area contributed by atoms with Gasteiger partial charge in [-0.15, -0.1) is 0 Å². The van der Waals surface area contributed by atoms with Gasteiger partial charge in [0.25, 0.3) is 5.91 Å². The summed E-state index contributed by atoms with van der Waals surface area (Å²) in [5, 5.41) is 4.12. The first-order chi connectivity index (χ1) is 12.3. The van der Waals surface area contributed by atoms with Crippen LogP contribution in [0.3, 0.4) is 0 Å². The van der Waals surface area contributed by atoms with Gasteiger partial charge in [-0.05, 0) is 55.3 Å². The van der Waals surface area contributed by atoms with Crippen molar-refractivity contribution in [3.05, 3.63) is 68.7 Å². The molecular weight excluding hydrogens is 397 g/mol. The SMILES string of the molecule is Cc1c(Cl)cccc1NC(=O)[C@H](C)OC(=O)/C=C/c1ccc(Cl)cc1Cl. The molecule has 0 aliphatic rings. The number of hydrogen-bond acceptors (Lipinski definition) is 3. The Morgan fingerprint density at radius 2 is 1.85 bits per heavy atom. The highest BCUT2D eigenvalue weighted by Gasteiger charge is 2.17. The number of esters is 1. The Kier molecular flexibility index (Phi) is 7.09. The number of halogens is 3. The Morgan fingerprint density at radius 1 is 1.12 bits per heavy atom. The number of rotatable bonds is 5. The van der Waals surface area contributed by atoms with Crippen LogP contribution in [0.4, 0.5) is 5.69 Å². The molecule has 0 aliphatic heterocycles. The van der Waals surface area contributed by atoms with E-state index in [4.69, 9.17) is 39.5 Å². The smallest absolute Gasteiger partial charge is 0.331 e. The van der Waals surface area contributed by atoms with Crippen LogP contribution in [0.25, 0.3) is 6.08 Å². The summed E-state index contributed by atoms with van der Waals surface area (Å²) in [7, 11) is 0. The summed E-state index contributed by atoms with van der Waals surface area (Å²) in [6.07, 6.45) is 1.71. The molecule has 1 N–H and O–H groups in total. The Labute approximate surface area is 166 Å². The predicted octanol–water partition coefficient (Wildman–Crippen LogP) is 5.54. The fraction of sp³-hybridized carbons (Fsp3) is 0.158. The topological polar surface area (TPSA) is 55.4 Å². The molecule has 0 aliphatic carbocycles. The van der Waals surface area contributed by atoms with E-state index in [-0.39, 0.29) is 0 Å². The van der Waals surface area contributed by atoms with Gasteiger partial charge in [-0.2, -0.15) is 0 Å². The monoisotopic (exact) mass is 411 g/mol. The summed E-state index contributed by atoms with van der Waals surface area (Å²) in [5.41, 5.74) is 1.91. The van der Waals surface area contributed by atoms with E-state index in [9.17, 15) is 9.59 Å². The van der Waals surface area contributed by atoms with Crippen molar-refractivity contribution in [1.29, 1.82) is 0 Å². The first kappa shape index (κ1) is 20.3. The van der Waals surface area contributed by atoms with E-state index in [0.717, 1.165) is 5.56 Å². The molecular formula is C19H16Cl3NO3. The summed E-state index contributed by atoms with van der Waals surface area (Å²) < 4.78 is 5.10. The van der Waals surface area contributed by atoms with Gasteiger partial charge >= 0.3 is 5.97 Å². The highest BCUT2D eigenvalue weighted by Crippen LogP contribution is 2.23. The molecule has 0 saturated carbocycles. The zero-order valence-corrected chi connectivity index (χ0v) is 16.3. The van der Waals surface area contributed by atoms with Crippen molar-refractivity contribution >= 4 is 58.4 Å². The molecule has 0 unspecified atom stereocenters. The van der Waals surface area contributed by atoms with E-state index >= 15 is 0 Å². The van der Waals surface area contributed by atoms with E-state index in [1.807, 2.05) is 0 Å². The largest absolute Gasteiger partial charge is 0.449 e. The van der Waals surface area contributed by atoms with E-state index in [0.29, 0.717) is 26.3 Å². The average Bonchev–Trinajstić information content (AvgIpc) is 2.58. The van der Waals surface area contributed by atoms with E-state index in [1.54, 1.807) is 43.3 Å². The lowest BCUT2D eigenvalue weighted by molar-refractivity contribution is -0.148. The van der Waals surface area contributed by atoms with Crippen molar-refractivity contribution in [2.24, 2.45) is 0 Å². The molecule has 4 nitrogen and oxygen atoms in total. The highest BCUT2D eigenvalue weighted by molar-refractivity contribution is 6.35. The van der Waals surface area contributed by atoms with Crippen molar-refractivity contribution in [3.63, 3.8) is 0 Å². The third-order valence-electron chi connectivity index (χ3n) is 3.55. The molecule has 136 valence electrons. The summed E-state index contributed by atoms with van der Waals surface area (Å²) in [6.45, 7) is 3.27. The molecule has 2 aromatic rings. The maximum absolute atomic E-state index is 12.2. The zero-order chi connectivity index (χ0) is 19.3. The summed E-state index contributed by atoms with van der Waals surface area (Å²) in [5.74, 6) is -1.12. The van der Waals surface area contributed by atoms with Crippen molar-refractivity contribution in [3.8, 4) is 0 Å². The van der Waals surface area contributed by atoms with Gasteiger partial charge in [0.1, 0.15) is 0 Å². The molecule has 2 aromatic carbocycles. The normalized spacial score (nSPS) is 12.0. The van der Waals surface area contributed by atoms with Crippen LogP contribution in [-0.2, 0) is 14.3 Å². The van der Waals surface area contributed by atoms with Crippen LogP contribution < -0.4 is 5.32 Å². The lowest BCUT2D eigenvalue weighted by atomic mass is 10.2. The second-order valence-electron chi connectivity index (χ2n) is 5.48. The number of anilines is 1. The van der Waals surface area contributed by atoms with Crippen LogP contribution in [0.2, 0.25) is 15.1 Å². The number of hydrogen-bond donors (Lipinski definition) is 1. The molecule has 0 saturated heterocycles. The number of amides is 1. The van der Waals surface area contributed by atoms with Crippen LogP contribution in [0, 0.1) is 6.92 Å². The Hall–Kier alpha value is -2.01. The molecule has 0 radical (unpaired) electrons. The third kappa shape index (κ3) is 5.49. The minimum atomic E-state index is -0.980. The standard InChI is InChI=1S/C19H16Cl3NO3/c1-11-15(21)4-3-5-17(11)23-19(25)12(2)26-18(24)9-7-13-6-8-14(20)10-16(13)22/h3-10,12H,1-2H3,(H,23,25)/b9-7+/t12-/m0/s1. The van der Waals surface area contributed by atoms with Crippen molar-refractivity contribution in [2.75, 3.05) is 5.32 Å². The minimum Gasteiger partial charge on any atom is -0.449 e. The zero-order valence-electron chi connectivity index (χ0n) is 14.1. The van der Waals surface area contributed by atoms with Crippen molar-refractivity contribution < 1.29 is 14.3 Å². The lowest BCUT2D eigenvalue weighted by Gasteiger charge is -2.14. The fourth-order valence-electron chi connectivity index (χ4n) is 2.04. The van der Waals surface area contributed by atoms with Gasteiger partial charge < -0.3 is 10.1 Å². The molecule has 0 heterocycles. The van der Waals surface area contributed by atoms with E-state index < -0.39 is 18.0 Å². The fourth-order valence-corrected chi connectivity index (χ4v) is 2.68. The van der Waals surface area contributed by atoms with Crippen LogP contribution in [0.15, 0.2) is 42.5 Å². The number of carbonyl (C=O) groups excluding carboxylic acids is 2. The lowest BCUT2D eigenvalue weighted by Crippen LogP contribution is -2.29. The summed E-state index contributed by atoms with van der Waals surface area (Å²) in [6, 6.07) is 10.1. The van der Waals surface area contributed by atoms with Gasteiger partial charge in [-0.3, -0.25) is 4.79 Å². The number of nitrogens with one attached hydrogen (secondary N) is 1. The highest BCUT2D eigenvalue weighted by atomic mass is 35.5. The first-order valence-electron chi connectivity index (χ1n) is 7.67. The van der Waals surface area contributed by atoms with Gasteiger partial charge in [-0.1, -0.05) is 46.9 Å². The Bertz CT molecular complexity index is 865. The Morgan fingerprint density at radius 3 is 2.54 bits per heavy atom. The second-order valence-corrected chi connectivity index (χ2v) is 6.73. The Balaban J connectivity index is 1.96. The molecule has 26 heavy (non-hydrogen) atoms. The molecule has 0 fully saturated rings. The maximum Gasteiger partial charge on any atom is 0.331 e. The van der Waals surface area contributed by atoms with Crippen molar-refractivity contribution in [1.82, 2.24) is 0 Å². The van der Waals surface area contributed by atoms with Crippen LogP contribution in [0.1, 0.15) is 18.1 Å². The second kappa shape index (κ2) is 9.08. The van der Waals surface area contributed by atoms with Gasteiger partial charge in [0, 0.05) is 26.8 Å². The van der Waals surface area contributed by atoms with Crippen LogP contribution in [-0.4, -0.2) is 18.0 Å².